The third-order valence-corrected chi connectivity index (χ3v) is 8.99. The number of likely N-dealkylation sites (N-methyl/N-ethyl adjacent to an activating group) is 1. The maximum atomic E-state index is 14.0. The molecule has 3 aromatic rings. The van der Waals surface area contributed by atoms with Gasteiger partial charge in [0.25, 0.3) is 5.91 Å². The van der Waals surface area contributed by atoms with Crippen molar-refractivity contribution in [3.8, 4) is 16.9 Å². The first-order valence-electron chi connectivity index (χ1n) is 13.5. The van der Waals surface area contributed by atoms with Gasteiger partial charge in [0.2, 0.25) is 5.78 Å². The number of phenols is 1. The van der Waals surface area contributed by atoms with Gasteiger partial charge < -0.3 is 31.3 Å². The molecule has 1 amide bonds. The van der Waals surface area contributed by atoms with Crippen molar-refractivity contribution in [3.05, 3.63) is 82.1 Å². The van der Waals surface area contributed by atoms with E-state index in [0.29, 0.717) is 16.3 Å². The normalized spacial score (nSPS) is 25.5. The molecule has 7 N–H and O–H groups in total. The van der Waals surface area contributed by atoms with Crippen molar-refractivity contribution < 1.29 is 39.9 Å². The first-order chi connectivity index (χ1) is 19.9. The Hall–Kier alpha value is -4.51. The number of primary amides is 1. The Balaban J connectivity index is 1.51. The summed E-state index contributed by atoms with van der Waals surface area (Å²) in [6.45, 7) is -0.0853. The monoisotopic (exact) mass is 570 g/mol. The van der Waals surface area contributed by atoms with Crippen LogP contribution in [-0.2, 0) is 27.4 Å². The van der Waals surface area contributed by atoms with Gasteiger partial charge in [-0.15, -0.1) is 0 Å². The van der Waals surface area contributed by atoms with Crippen molar-refractivity contribution in [2.45, 2.75) is 31.1 Å². The van der Waals surface area contributed by atoms with Crippen LogP contribution < -0.4 is 5.73 Å². The van der Waals surface area contributed by atoms with Gasteiger partial charge in [-0.05, 0) is 66.6 Å². The molecule has 0 unspecified atom stereocenters. The summed E-state index contributed by atoms with van der Waals surface area (Å²) in [5, 5.41) is 56.2. The summed E-state index contributed by atoms with van der Waals surface area (Å²) in [6.07, 6.45) is 0.260. The lowest BCUT2D eigenvalue weighted by Gasteiger charge is -2.50. The number of aliphatic hydroxyl groups excluding tert-OH is 3. The lowest BCUT2D eigenvalue weighted by molar-refractivity contribution is -0.153. The minimum absolute atomic E-state index is 0.0351. The number of hydrogen-bond donors (Lipinski definition) is 6. The van der Waals surface area contributed by atoms with E-state index >= 15 is 0 Å². The summed E-state index contributed by atoms with van der Waals surface area (Å²) in [7, 11) is 3.12. The van der Waals surface area contributed by atoms with Crippen LogP contribution in [0.15, 0.2) is 65.4 Å². The van der Waals surface area contributed by atoms with Gasteiger partial charge in [0, 0.05) is 16.9 Å². The van der Waals surface area contributed by atoms with Gasteiger partial charge in [-0.3, -0.25) is 19.3 Å². The van der Waals surface area contributed by atoms with Crippen LogP contribution in [0.2, 0.25) is 0 Å². The molecule has 6 rings (SSSR count). The summed E-state index contributed by atoms with van der Waals surface area (Å²) >= 11 is 0. The van der Waals surface area contributed by atoms with Gasteiger partial charge in [0.1, 0.15) is 22.8 Å². The van der Waals surface area contributed by atoms with Gasteiger partial charge in [-0.2, -0.15) is 0 Å². The number of aromatic hydroxyl groups is 1. The maximum Gasteiger partial charge on any atom is 0.255 e. The van der Waals surface area contributed by atoms with Crippen molar-refractivity contribution in [1.29, 1.82) is 0 Å². The highest BCUT2D eigenvalue weighted by Gasteiger charge is 2.64. The zero-order chi connectivity index (χ0) is 30.2. The van der Waals surface area contributed by atoms with Crippen LogP contribution in [0.1, 0.15) is 23.1 Å². The number of nitrogens with two attached hydrogens (primary N) is 1. The number of carbonyl (C=O) groups is 3. The zero-order valence-corrected chi connectivity index (χ0v) is 23.0. The predicted octanol–water partition coefficient (Wildman–Crippen LogP) is 2.28. The highest BCUT2D eigenvalue weighted by Crippen LogP contribution is 2.53. The molecule has 0 aromatic heterocycles. The molecule has 0 saturated heterocycles. The SMILES string of the molecule is CN(C)[C@@H]1C(=O)C(C(N)=O)=C(O)[C@@]2(O)C(=O)C3=C(O)c4c(cc5ccc(-c6ccc(CO)cc6)cc5c4O)C[C@H]3C[C@@H]12. The fourth-order valence-electron chi connectivity index (χ4n) is 6.99. The number of benzene rings is 3. The molecule has 3 aliphatic carbocycles. The predicted molar refractivity (Wildman–Crippen MR) is 153 cm³/mol. The second-order valence-corrected chi connectivity index (χ2v) is 11.5. The first-order valence-corrected chi connectivity index (χ1v) is 13.5. The second-order valence-electron chi connectivity index (χ2n) is 11.5. The maximum absolute atomic E-state index is 14.0. The van der Waals surface area contributed by atoms with Gasteiger partial charge in [-0.25, -0.2) is 0 Å². The molecule has 10 heteroatoms. The molecule has 0 radical (unpaired) electrons. The number of hydrogen-bond acceptors (Lipinski definition) is 9. The van der Waals surface area contributed by atoms with E-state index in [2.05, 4.69) is 0 Å². The molecule has 0 aliphatic heterocycles. The molecule has 4 atom stereocenters. The fraction of sp³-hybridized carbons (Fsp3) is 0.281. The standard InChI is InChI=1S/C32H30N2O8/c1-34(2)25-21-12-19-10-18-9-17-8-7-16(15-5-3-14(13-35)4-6-15)11-20(17)26(36)22(18)27(37)23(19)29(39)32(21,42)30(40)24(28(25)38)31(33)41/h3-9,11,19,21,25,35-37,40,42H,10,12-13H2,1-2H3,(H2,33,41)/t19-,21-,25-,32-/m0/s1. The largest absolute Gasteiger partial charge is 0.508 e. The highest BCUT2D eigenvalue weighted by molar-refractivity contribution is 6.24. The minimum atomic E-state index is -2.68. The van der Waals surface area contributed by atoms with E-state index in [9.17, 15) is 39.9 Å². The van der Waals surface area contributed by atoms with Crippen molar-refractivity contribution in [2.24, 2.45) is 17.6 Å². The van der Waals surface area contributed by atoms with Crippen molar-refractivity contribution >= 4 is 34.0 Å². The Morgan fingerprint density at radius 3 is 2.31 bits per heavy atom. The Kier molecular flexibility index (Phi) is 6.27. The average Bonchev–Trinajstić information content (AvgIpc) is 2.94. The van der Waals surface area contributed by atoms with E-state index < -0.39 is 58.0 Å². The topological polar surface area (TPSA) is 182 Å². The summed E-state index contributed by atoms with van der Waals surface area (Å²) < 4.78 is 0. The van der Waals surface area contributed by atoms with Crippen LogP contribution in [0.25, 0.3) is 27.7 Å². The summed E-state index contributed by atoms with van der Waals surface area (Å²) in [6, 6.07) is 13.5. The fourth-order valence-corrected chi connectivity index (χ4v) is 6.99. The van der Waals surface area contributed by atoms with E-state index in [0.717, 1.165) is 16.7 Å². The van der Waals surface area contributed by atoms with Crippen LogP contribution >= 0.6 is 0 Å². The molecule has 0 heterocycles. The van der Waals surface area contributed by atoms with Crippen LogP contribution in [-0.4, -0.2) is 73.6 Å². The lowest BCUT2D eigenvalue weighted by Crippen LogP contribution is -2.65. The van der Waals surface area contributed by atoms with Crippen molar-refractivity contribution in [3.63, 3.8) is 0 Å². The molecule has 3 aliphatic rings. The molecule has 42 heavy (non-hydrogen) atoms. The summed E-state index contributed by atoms with van der Waals surface area (Å²) in [4.78, 5) is 40.8. The van der Waals surface area contributed by atoms with Crippen LogP contribution in [0.3, 0.4) is 0 Å². The molecule has 0 spiro atoms. The number of phenolic OH excluding ortho intramolecular Hbond substituents is 1. The molecule has 10 nitrogen and oxygen atoms in total. The van der Waals surface area contributed by atoms with Crippen LogP contribution in [0, 0.1) is 11.8 Å². The number of aliphatic hydroxyl groups is 4. The van der Waals surface area contributed by atoms with Gasteiger partial charge >= 0.3 is 0 Å². The summed E-state index contributed by atoms with van der Waals surface area (Å²) in [5.41, 5.74) is 4.69. The van der Waals surface area contributed by atoms with E-state index in [1.165, 1.54) is 4.90 Å². The Morgan fingerprint density at radius 2 is 1.69 bits per heavy atom. The summed E-state index contributed by atoms with van der Waals surface area (Å²) in [5.74, 6) is -6.74. The van der Waals surface area contributed by atoms with Crippen molar-refractivity contribution in [1.82, 2.24) is 4.90 Å². The Labute approximate surface area is 240 Å². The molecular weight excluding hydrogens is 540 g/mol. The van der Waals surface area contributed by atoms with Crippen LogP contribution in [0.4, 0.5) is 0 Å². The zero-order valence-electron chi connectivity index (χ0n) is 23.0. The van der Waals surface area contributed by atoms with Crippen LogP contribution in [0.5, 0.6) is 5.75 Å². The molecule has 216 valence electrons. The Morgan fingerprint density at radius 1 is 1.02 bits per heavy atom. The smallest absolute Gasteiger partial charge is 0.255 e. The quantitative estimate of drug-likeness (QED) is 0.256. The third-order valence-electron chi connectivity index (χ3n) is 8.99. The van der Waals surface area contributed by atoms with Gasteiger partial charge in [-0.1, -0.05) is 42.5 Å². The Bertz CT molecular complexity index is 1770. The highest BCUT2D eigenvalue weighted by atomic mass is 16.3. The number of carbonyl (C=O) groups excluding carboxylic acids is 3. The average molecular weight is 571 g/mol. The second kappa shape index (κ2) is 9.52. The minimum Gasteiger partial charge on any atom is -0.508 e. The first kappa shape index (κ1) is 27.6. The number of fused-ring (bicyclic) bond motifs is 4. The number of nitrogens with zero attached hydrogens (tertiary/aromatic N) is 1. The number of ketones is 2. The number of Topliss-reactive ketones (excluding diaryl/α,β-unsaturated/α-hetero) is 2. The van der Waals surface area contributed by atoms with E-state index in [-0.39, 0.29) is 36.3 Å². The molecule has 3 aromatic carbocycles. The van der Waals surface area contributed by atoms with E-state index in [1.54, 1.807) is 32.3 Å². The molecular formula is C32H30N2O8. The van der Waals surface area contributed by atoms with E-state index in [1.807, 2.05) is 30.3 Å². The molecule has 1 saturated carbocycles. The number of rotatable bonds is 4. The number of amides is 1. The van der Waals surface area contributed by atoms with Gasteiger partial charge in [0.05, 0.1) is 18.2 Å². The van der Waals surface area contributed by atoms with Gasteiger partial charge in [0.15, 0.2) is 11.4 Å². The van der Waals surface area contributed by atoms with E-state index in [4.69, 9.17) is 5.73 Å². The lowest BCUT2D eigenvalue weighted by atomic mass is 9.57. The third kappa shape index (κ3) is 3.72. The van der Waals surface area contributed by atoms with Crippen molar-refractivity contribution in [2.75, 3.05) is 14.1 Å². The molecule has 1 fully saturated rings. The molecule has 0 bridgehead atoms.